The van der Waals surface area contributed by atoms with Crippen LogP contribution in [0.1, 0.15) is 18.9 Å². The van der Waals surface area contributed by atoms with Crippen molar-refractivity contribution in [1.29, 1.82) is 0 Å². The molecule has 0 aliphatic rings. The van der Waals surface area contributed by atoms with Crippen molar-refractivity contribution in [2.75, 3.05) is 11.0 Å². The van der Waals surface area contributed by atoms with Crippen molar-refractivity contribution < 1.29 is 9.63 Å². The molecule has 1 aromatic carbocycles. The summed E-state index contributed by atoms with van der Waals surface area (Å²) in [4.78, 5) is 16.7. The molecule has 0 heterocycles. The maximum Gasteiger partial charge on any atom is 0.243 e. The minimum Gasteiger partial charge on any atom is -0.273 e. The zero-order chi connectivity index (χ0) is 11.8. The highest BCUT2D eigenvalue weighted by Crippen LogP contribution is 2.04. The monoisotopic (exact) mass is 333 g/mol. The molecule has 0 bridgehead atoms. The first-order valence-corrected chi connectivity index (χ1v) is 6.77. The second-order valence-corrected chi connectivity index (χ2v) is 4.50. The topological polar surface area (TPSA) is 29.5 Å². The molecule has 3 nitrogen and oxygen atoms in total. The van der Waals surface area contributed by atoms with Crippen LogP contribution in [0, 0.1) is 0 Å². The molecule has 1 rings (SSSR count). The Balaban J connectivity index is 2.41. The van der Waals surface area contributed by atoms with Gasteiger partial charge in [0, 0.05) is 17.9 Å². The van der Waals surface area contributed by atoms with Crippen molar-refractivity contribution in [1.82, 2.24) is 5.06 Å². The Morgan fingerprint density at radius 2 is 2.06 bits per heavy atom. The molecule has 0 spiro atoms. The second-order valence-electron chi connectivity index (χ2n) is 3.42. The summed E-state index contributed by atoms with van der Waals surface area (Å²) in [7, 11) is 0. The Labute approximate surface area is 110 Å². The molecule has 0 saturated heterocycles. The SMILES string of the molecule is CC(=O)N(CCCI)OCc1ccccc1. The first kappa shape index (κ1) is 13.4. The number of halogens is 1. The summed E-state index contributed by atoms with van der Waals surface area (Å²) in [5.74, 6) is -0.0409. The summed E-state index contributed by atoms with van der Waals surface area (Å²) >= 11 is 2.29. The molecular formula is C12H16INO2. The molecule has 0 aliphatic heterocycles. The van der Waals surface area contributed by atoms with Gasteiger partial charge in [0.05, 0.1) is 0 Å². The Bertz CT molecular complexity index is 316. The number of alkyl halides is 1. The predicted molar refractivity (Wildman–Crippen MR) is 72.1 cm³/mol. The summed E-state index contributed by atoms with van der Waals surface area (Å²) in [6, 6.07) is 9.85. The number of carbonyl (C=O) groups is 1. The van der Waals surface area contributed by atoms with Gasteiger partial charge in [-0.3, -0.25) is 9.63 Å². The molecule has 16 heavy (non-hydrogen) atoms. The third-order valence-electron chi connectivity index (χ3n) is 2.08. The van der Waals surface area contributed by atoms with Crippen molar-refractivity contribution in [3.63, 3.8) is 0 Å². The molecule has 0 fully saturated rings. The minimum absolute atomic E-state index is 0.0409. The first-order valence-electron chi connectivity index (χ1n) is 5.25. The van der Waals surface area contributed by atoms with Crippen LogP contribution in [-0.2, 0) is 16.2 Å². The average molecular weight is 333 g/mol. The van der Waals surface area contributed by atoms with E-state index in [1.165, 1.54) is 12.0 Å². The Morgan fingerprint density at radius 3 is 2.62 bits per heavy atom. The van der Waals surface area contributed by atoms with Crippen LogP contribution in [0.15, 0.2) is 30.3 Å². The van der Waals surface area contributed by atoms with E-state index in [4.69, 9.17) is 4.84 Å². The predicted octanol–water partition coefficient (Wildman–Crippen LogP) is 2.79. The number of benzene rings is 1. The van der Waals surface area contributed by atoms with Gasteiger partial charge in [0.15, 0.2) is 0 Å². The summed E-state index contributed by atoms with van der Waals surface area (Å²) in [5, 5.41) is 1.44. The average Bonchev–Trinajstić information content (AvgIpc) is 2.30. The first-order chi connectivity index (χ1) is 7.74. The number of amides is 1. The molecule has 4 heteroatoms. The Hall–Kier alpha value is -0.620. The normalized spacial score (nSPS) is 10.1. The van der Waals surface area contributed by atoms with Crippen molar-refractivity contribution in [2.24, 2.45) is 0 Å². The summed E-state index contributed by atoms with van der Waals surface area (Å²) in [5.41, 5.74) is 1.07. The fourth-order valence-corrected chi connectivity index (χ4v) is 1.58. The van der Waals surface area contributed by atoms with E-state index < -0.39 is 0 Å². The lowest BCUT2D eigenvalue weighted by molar-refractivity contribution is -0.189. The third kappa shape index (κ3) is 4.94. The van der Waals surface area contributed by atoms with Crippen LogP contribution in [-0.4, -0.2) is 21.9 Å². The van der Waals surface area contributed by atoms with E-state index in [1.54, 1.807) is 0 Å². The Morgan fingerprint density at radius 1 is 1.38 bits per heavy atom. The fraction of sp³-hybridized carbons (Fsp3) is 0.417. The van der Waals surface area contributed by atoms with Gasteiger partial charge < -0.3 is 0 Å². The number of rotatable bonds is 6. The second kappa shape index (κ2) is 7.62. The lowest BCUT2D eigenvalue weighted by Crippen LogP contribution is -2.30. The standard InChI is InChI=1S/C12H16INO2/c1-11(15)14(9-5-8-13)16-10-12-6-3-2-4-7-12/h2-4,6-7H,5,8-10H2,1H3. The van der Waals surface area contributed by atoms with Crippen LogP contribution >= 0.6 is 22.6 Å². The van der Waals surface area contributed by atoms with E-state index in [9.17, 15) is 4.79 Å². The maximum absolute atomic E-state index is 11.3. The highest BCUT2D eigenvalue weighted by molar-refractivity contribution is 14.1. The largest absolute Gasteiger partial charge is 0.273 e. The minimum atomic E-state index is -0.0409. The van der Waals surface area contributed by atoms with Crippen LogP contribution in [0.2, 0.25) is 0 Å². The van der Waals surface area contributed by atoms with E-state index in [-0.39, 0.29) is 5.91 Å². The van der Waals surface area contributed by atoms with Gasteiger partial charge in [-0.15, -0.1) is 0 Å². The van der Waals surface area contributed by atoms with Crippen LogP contribution in [0.5, 0.6) is 0 Å². The number of nitrogens with zero attached hydrogens (tertiary/aromatic N) is 1. The van der Waals surface area contributed by atoms with Crippen molar-refractivity contribution in [3.05, 3.63) is 35.9 Å². The van der Waals surface area contributed by atoms with Gasteiger partial charge >= 0.3 is 0 Å². The summed E-state index contributed by atoms with van der Waals surface area (Å²) in [6.07, 6.45) is 0.953. The van der Waals surface area contributed by atoms with Crippen molar-refractivity contribution >= 4 is 28.5 Å². The molecule has 0 unspecified atom stereocenters. The van der Waals surface area contributed by atoms with Crippen LogP contribution < -0.4 is 0 Å². The number of hydrogen-bond acceptors (Lipinski definition) is 2. The molecule has 0 aromatic heterocycles. The van der Waals surface area contributed by atoms with Gasteiger partial charge in [0.2, 0.25) is 5.91 Å². The molecule has 0 saturated carbocycles. The molecule has 0 aliphatic carbocycles. The fourth-order valence-electron chi connectivity index (χ4n) is 1.24. The van der Waals surface area contributed by atoms with Crippen LogP contribution in [0.3, 0.4) is 0 Å². The maximum atomic E-state index is 11.3. The molecule has 0 N–H and O–H groups in total. The van der Waals surface area contributed by atoms with E-state index in [0.29, 0.717) is 13.2 Å². The smallest absolute Gasteiger partial charge is 0.243 e. The Kier molecular flexibility index (Phi) is 6.40. The summed E-state index contributed by atoms with van der Waals surface area (Å²) < 4.78 is 1.02. The van der Waals surface area contributed by atoms with Gasteiger partial charge in [-0.2, -0.15) is 0 Å². The molecule has 88 valence electrons. The zero-order valence-electron chi connectivity index (χ0n) is 9.36. The molecule has 0 radical (unpaired) electrons. The quantitative estimate of drug-likeness (QED) is 0.455. The van der Waals surface area contributed by atoms with Gasteiger partial charge in [-0.1, -0.05) is 52.9 Å². The number of carbonyl (C=O) groups excluding carboxylic acids is 1. The van der Waals surface area contributed by atoms with Gasteiger partial charge in [0.1, 0.15) is 6.61 Å². The van der Waals surface area contributed by atoms with Gasteiger partial charge in [-0.05, 0) is 12.0 Å². The zero-order valence-corrected chi connectivity index (χ0v) is 11.5. The number of hydroxylamine groups is 2. The molecule has 0 atom stereocenters. The molecule has 1 amide bonds. The lowest BCUT2D eigenvalue weighted by Gasteiger charge is -2.19. The third-order valence-corrected chi connectivity index (χ3v) is 2.84. The summed E-state index contributed by atoms with van der Waals surface area (Å²) in [6.45, 7) is 2.63. The van der Waals surface area contributed by atoms with Crippen LogP contribution in [0.25, 0.3) is 0 Å². The highest BCUT2D eigenvalue weighted by Gasteiger charge is 2.08. The van der Waals surface area contributed by atoms with Gasteiger partial charge in [-0.25, -0.2) is 5.06 Å². The van der Waals surface area contributed by atoms with Crippen molar-refractivity contribution in [2.45, 2.75) is 20.0 Å². The van der Waals surface area contributed by atoms with E-state index in [2.05, 4.69) is 22.6 Å². The van der Waals surface area contributed by atoms with E-state index in [1.807, 2.05) is 30.3 Å². The molecular weight excluding hydrogens is 317 g/mol. The van der Waals surface area contributed by atoms with E-state index >= 15 is 0 Å². The van der Waals surface area contributed by atoms with Crippen molar-refractivity contribution in [3.8, 4) is 0 Å². The van der Waals surface area contributed by atoms with E-state index in [0.717, 1.165) is 16.4 Å². The highest BCUT2D eigenvalue weighted by atomic mass is 127. The lowest BCUT2D eigenvalue weighted by atomic mass is 10.2. The molecule has 1 aromatic rings. The van der Waals surface area contributed by atoms with Crippen LogP contribution in [0.4, 0.5) is 0 Å². The van der Waals surface area contributed by atoms with Gasteiger partial charge in [0.25, 0.3) is 0 Å². The number of hydrogen-bond donors (Lipinski definition) is 0.